The lowest BCUT2D eigenvalue weighted by molar-refractivity contribution is 0.292. The molecule has 0 bridgehead atoms. The van der Waals surface area contributed by atoms with E-state index in [0.717, 1.165) is 6.20 Å². The van der Waals surface area contributed by atoms with E-state index in [0.29, 0.717) is 23.0 Å². The summed E-state index contributed by atoms with van der Waals surface area (Å²) in [5.74, 6) is -2.16. The minimum absolute atomic E-state index is 0.00699. The van der Waals surface area contributed by atoms with E-state index in [1.54, 1.807) is 34.6 Å². The zero-order valence-electron chi connectivity index (χ0n) is 21.3. The van der Waals surface area contributed by atoms with Gasteiger partial charge in [0, 0.05) is 36.3 Å². The predicted octanol–water partition coefficient (Wildman–Crippen LogP) is 5.34. The average molecular weight is 545 g/mol. The molecule has 0 N–H and O–H groups in total. The standard InChI is InChI=1S/C27H24ClF3N4O3/c1-14-11-33-22(34-7-6-17(30)23(25(34)36)27(3,4)5)10-20(14)35-15(2)8-21(24(28)26(35)37)38-13-19-18(31)9-16(29)12-32-19/h6-12H,13H2,1-5H3. The van der Waals surface area contributed by atoms with Crippen molar-refractivity contribution in [3.05, 3.63) is 109 Å². The number of aromatic nitrogens is 4. The van der Waals surface area contributed by atoms with Gasteiger partial charge in [-0.05, 0) is 30.9 Å². The zero-order chi connectivity index (χ0) is 27.9. The molecule has 0 amide bonds. The molecule has 0 aromatic carbocycles. The summed E-state index contributed by atoms with van der Waals surface area (Å²) in [6, 6.07) is 4.90. The monoisotopic (exact) mass is 544 g/mol. The van der Waals surface area contributed by atoms with Crippen molar-refractivity contribution in [3.8, 4) is 17.3 Å². The molecule has 0 spiro atoms. The van der Waals surface area contributed by atoms with Crippen molar-refractivity contribution in [2.75, 3.05) is 0 Å². The van der Waals surface area contributed by atoms with Gasteiger partial charge >= 0.3 is 0 Å². The molecule has 4 aromatic rings. The Balaban J connectivity index is 1.77. The maximum absolute atomic E-state index is 14.5. The first-order chi connectivity index (χ1) is 17.8. The van der Waals surface area contributed by atoms with Crippen LogP contribution in [0.3, 0.4) is 0 Å². The van der Waals surface area contributed by atoms with Crippen molar-refractivity contribution in [3.63, 3.8) is 0 Å². The van der Waals surface area contributed by atoms with Crippen LogP contribution in [0.25, 0.3) is 11.5 Å². The molecule has 0 fully saturated rings. The molecular weight excluding hydrogens is 521 g/mol. The second-order valence-electron chi connectivity index (χ2n) is 9.77. The van der Waals surface area contributed by atoms with Crippen LogP contribution in [-0.4, -0.2) is 19.1 Å². The largest absolute Gasteiger partial charge is 0.485 e. The highest BCUT2D eigenvalue weighted by Gasteiger charge is 2.25. The van der Waals surface area contributed by atoms with Crippen molar-refractivity contribution in [2.45, 2.75) is 46.6 Å². The van der Waals surface area contributed by atoms with Gasteiger partial charge in [-0.1, -0.05) is 32.4 Å². The average Bonchev–Trinajstić information content (AvgIpc) is 2.82. The van der Waals surface area contributed by atoms with Crippen LogP contribution in [0.4, 0.5) is 13.2 Å². The molecule has 0 aliphatic heterocycles. The summed E-state index contributed by atoms with van der Waals surface area (Å²) in [6.45, 7) is 8.20. The first-order valence-electron chi connectivity index (χ1n) is 11.5. The molecule has 0 unspecified atom stereocenters. The summed E-state index contributed by atoms with van der Waals surface area (Å²) in [5, 5.41) is -0.273. The molecule has 0 aliphatic rings. The van der Waals surface area contributed by atoms with Crippen LogP contribution in [0.2, 0.25) is 5.02 Å². The van der Waals surface area contributed by atoms with Gasteiger partial charge in [0.15, 0.2) is 5.82 Å². The number of ether oxygens (including phenoxy) is 1. The summed E-state index contributed by atoms with van der Waals surface area (Å²) in [5.41, 5.74) is -0.668. The highest BCUT2D eigenvalue weighted by molar-refractivity contribution is 6.31. The van der Waals surface area contributed by atoms with Gasteiger partial charge in [0.25, 0.3) is 11.1 Å². The minimum atomic E-state index is -0.892. The van der Waals surface area contributed by atoms with Crippen molar-refractivity contribution in [2.24, 2.45) is 0 Å². The Labute approximate surface area is 221 Å². The van der Waals surface area contributed by atoms with Gasteiger partial charge in [-0.2, -0.15) is 0 Å². The van der Waals surface area contributed by atoms with Gasteiger partial charge in [-0.15, -0.1) is 0 Å². The molecule has 0 radical (unpaired) electrons. The Bertz CT molecular complexity index is 1680. The fourth-order valence-electron chi connectivity index (χ4n) is 4.03. The van der Waals surface area contributed by atoms with E-state index < -0.39 is 34.0 Å². The maximum Gasteiger partial charge on any atom is 0.277 e. The van der Waals surface area contributed by atoms with Crippen LogP contribution >= 0.6 is 11.6 Å². The van der Waals surface area contributed by atoms with Crippen molar-refractivity contribution < 1.29 is 17.9 Å². The molecule has 4 rings (SSSR count). The molecule has 38 heavy (non-hydrogen) atoms. The van der Waals surface area contributed by atoms with E-state index in [1.165, 1.54) is 39.7 Å². The van der Waals surface area contributed by atoms with E-state index in [-0.39, 0.29) is 34.5 Å². The fraction of sp³-hybridized carbons (Fsp3) is 0.259. The SMILES string of the molecule is Cc1cnc(-n2ccc(F)c(C(C)(C)C)c2=O)cc1-n1c(C)cc(OCc2ncc(F)cc2F)c(Cl)c1=O. The number of nitrogens with zero attached hydrogens (tertiary/aromatic N) is 4. The van der Waals surface area contributed by atoms with E-state index >= 15 is 0 Å². The third-order valence-corrected chi connectivity index (χ3v) is 6.24. The van der Waals surface area contributed by atoms with Crippen LogP contribution in [0, 0.1) is 31.3 Å². The first-order valence-corrected chi connectivity index (χ1v) is 11.9. The van der Waals surface area contributed by atoms with Gasteiger partial charge in [-0.3, -0.25) is 23.7 Å². The predicted molar refractivity (Wildman–Crippen MR) is 137 cm³/mol. The number of hydrogen-bond acceptors (Lipinski definition) is 5. The van der Waals surface area contributed by atoms with E-state index in [2.05, 4.69) is 9.97 Å². The molecule has 4 heterocycles. The van der Waals surface area contributed by atoms with Gasteiger partial charge in [0.1, 0.15) is 40.5 Å². The van der Waals surface area contributed by atoms with Crippen LogP contribution in [-0.2, 0) is 12.0 Å². The highest BCUT2D eigenvalue weighted by atomic mass is 35.5. The van der Waals surface area contributed by atoms with Crippen LogP contribution in [0.5, 0.6) is 5.75 Å². The highest BCUT2D eigenvalue weighted by Crippen LogP contribution is 2.27. The molecule has 4 aromatic heterocycles. The summed E-state index contributed by atoms with van der Waals surface area (Å²) in [6.07, 6.45) is 3.63. The zero-order valence-corrected chi connectivity index (χ0v) is 22.0. The lowest BCUT2D eigenvalue weighted by atomic mass is 9.87. The number of pyridine rings is 4. The van der Waals surface area contributed by atoms with Gasteiger partial charge < -0.3 is 4.74 Å². The molecule has 11 heteroatoms. The summed E-state index contributed by atoms with van der Waals surface area (Å²) in [7, 11) is 0. The van der Waals surface area contributed by atoms with Gasteiger partial charge in [0.05, 0.1) is 17.4 Å². The summed E-state index contributed by atoms with van der Waals surface area (Å²) >= 11 is 6.33. The second-order valence-corrected chi connectivity index (χ2v) is 10.1. The van der Waals surface area contributed by atoms with E-state index in [9.17, 15) is 22.8 Å². The van der Waals surface area contributed by atoms with Crippen LogP contribution < -0.4 is 15.9 Å². The number of hydrogen-bond donors (Lipinski definition) is 0. The first kappa shape index (κ1) is 27.1. The molecular formula is C27H24ClF3N4O3. The molecule has 0 aliphatic carbocycles. The summed E-state index contributed by atoms with van der Waals surface area (Å²) in [4.78, 5) is 34.4. The Hall–Kier alpha value is -3.92. The molecule has 0 saturated carbocycles. The fourth-order valence-corrected chi connectivity index (χ4v) is 4.22. The maximum atomic E-state index is 14.5. The Kier molecular flexibility index (Phi) is 7.20. The lowest BCUT2D eigenvalue weighted by Gasteiger charge is -2.20. The van der Waals surface area contributed by atoms with Crippen molar-refractivity contribution in [1.29, 1.82) is 0 Å². The van der Waals surface area contributed by atoms with Crippen molar-refractivity contribution >= 4 is 11.6 Å². The van der Waals surface area contributed by atoms with E-state index in [1.807, 2.05) is 0 Å². The smallest absolute Gasteiger partial charge is 0.277 e. The number of rotatable bonds is 5. The third-order valence-electron chi connectivity index (χ3n) is 5.89. The Morgan fingerprint density at radius 2 is 1.68 bits per heavy atom. The second kappa shape index (κ2) is 10.1. The topological polar surface area (TPSA) is 79.0 Å². The van der Waals surface area contributed by atoms with Crippen LogP contribution in [0.15, 0.2) is 52.4 Å². The quantitative estimate of drug-likeness (QED) is 0.339. The molecule has 0 atom stereocenters. The normalized spacial score (nSPS) is 11.6. The van der Waals surface area contributed by atoms with Crippen molar-refractivity contribution in [1.82, 2.24) is 19.1 Å². The lowest BCUT2D eigenvalue weighted by Crippen LogP contribution is -2.31. The Morgan fingerprint density at radius 1 is 0.974 bits per heavy atom. The molecule has 198 valence electrons. The molecule has 0 saturated heterocycles. The van der Waals surface area contributed by atoms with Gasteiger partial charge in [0.2, 0.25) is 0 Å². The Morgan fingerprint density at radius 3 is 2.34 bits per heavy atom. The van der Waals surface area contributed by atoms with Gasteiger partial charge in [-0.25, -0.2) is 18.2 Å². The number of aryl methyl sites for hydroxylation is 2. The molecule has 7 nitrogen and oxygen atoms in total. The van der Waals surface area contributed by atoms with Crippen LogP contribution in [0.1, 0.15) is 43.3 Å². The summed E-state index contributed by atoms with van der Waals surface area (Å²) < 4.78 is 49.6. The number of halogens is 4. The minimum Gasteiger partial charge on any atom is -0.485 e. The van der Waals surface area contributed by atoms with E-state index in [4.69, 9.17) is 16.3 Å². The third kappa shape index (κ3) is 5.08.